The predicted octanol–water partition coefficient (Wildman–Crippen LogP) is 2.91. The van der Waals surface area contributed by atoms with Crippen molar-refractivity contribution in [3.05, 3.63) is 50.2 Å². The number of fused-ring (bicyclic) bond motifs is 9. The number of benzene rings is 1. The van der Waals surface area contributed by atoms with Gasteiger partial charge in [0.2, 0.25) is 11.8 Å². The summed E-state index contributed by atoms with van der Waals surface area (Å²) in [5.41, 5.74) is 0.919. The Balaban J connectivity index is 1.37. The number of rotatable bonds is 5. The molecule has 3 fully saturated rings. The molecule has 2 aromatic rings. The van der Waals surface area contributed by atoms with Crippen molar-refractivity contribution >= 4 is 40.9 Å². The molecule has 0 unspecified atom stereocenters. The zero-order valence-electron chi connectivity index (χ0n) is 17.4. The maximum absolute atomic E-state index is 13.7. The highest BCUT2D eigenvalue weighted by molar-refractivity contribution is 8.00. The van der Waals surface area contributed by atoms with Crippen LogP contribution < -0.4 is 4.87 Å². The van der Waals surface area contributed by atoms with Crippen LogP contribution in [-0.2, 0) is 14.4 Å². The molecule has 6 rings (SSSR count). The van der Waals surface area contributed by atoms with Crippen LogP contribution in [0.1, 0.15) is 35.6 Å². The third-order valence-corrected chi connectivity index (χ3v) is 10.4. The minimum Gasteiger partial charge on any atom is -0.481 e. The number of nitrogens with one attached hydrogen (secondary N) is 1. The number of carbonyl (C=O) groups is 3. The fourth-order valence-electron chi connectivity index (χ4n) is 6.73. The van der Waals surface area contributed by atoms with Crippen LogP contribution in [0.5, 0.6) is 0 Å². The standard InChI is InChI=1S/C23H21FN2O5S2/c24-10-5-3-9(4-6-10)14-15-11-8-12(18(15)32-20-19(14)33-23(31)25-20)17-16(11)21(29)26(22(17)30)7-1-2-13(27)28/h3-6,11-12,14-18H,1-2,7-8H2,(H,25,31)(H,27,28)/t11-,12-,14-,15+,16+,17-,18-/m1/s1. The van der Waals surface area contributed by atoms with Gasteiger partial charge in [0, 0.05) is 29.0 Å². The number of amides is 2. The molecule has 2 saturated carbocycles. The smallest absolute Gasteiger partial charge is 0.305 e. The van der Waals surface area contributed by atoms with Gasteiger partial charge in [-0.3, -0.25) is 24.1 Å². The number of hydrogen-bond donors (Lipinski definition) is 2. The lowest BCUT2D eigenvalue weighted by Gasteiger charge is -2.43. The van der Waals surface area contributed by atoms with Crippen molar-refractivity contribution in [2.45, 2.75) is 35.5 Å². The molecular formula is C23H21FN2O5S2. The Kier molecular flexibility index (Phi) is 4.81. The number of thioether (sulfide) groups is 1. The van der Waals surface area contributed by atoms with E-state index in [1.807, 2.05) is 0 Å². The molecule has 172 valence electrons. The highest BCUT2D eigenvalue weighted by atomic mass is 32.2. The van der Waals surface area contributed by atoms with Crippen LogP contribution in [0.25, 0.3) is 0 Å². The number of aliphatic carboxylic acids is 1. The first kappa shape index (κ1) is 21.1. The van der Waals surface area contributed by atoms with Crippen molar-refractivity contribution in [1.29, 1.82) is 0 Å². The van der Waals surface area contributed by atoms with Gasteiger partial charge < -0.3 is 10.1 Å². The van der Waals surface area contributed by atoms with Gasteiger partial charge in [-0.15, -0.1) is 11.8 Å². The molecule has 4 aliphatic rings. The molecule has 1 aromatic carbocycles. The maximum Gasteiger partial charge on any atom is 0.305 e. The van der Waals surface area contributed by atoms with E-state index in [-0.39, 0.29) is 76.7 Å². The van der Waals surface area contributed by atoms with Crippen molar-refractivity contribution in [2.75, 3.05) is 6.54 Å². The molecule has 7 atom stereocenters. The van der Waals surface area contributed by atoms with E-state index in [0.29, 0.717) is 0 Å². The summed E-state index contributed by atoms with van der Waals surface area (Å²) in [5, 5.41) is 9.82. The van der Waals surface area contributed by atoms with Crippen molar-refractivity contribution in [2.24, 2.45) is 29.6 Å². The zero-order valence-corrected chi connectivity index (χ0v) is 19.0. The number of likely N-dealkylation sites (tertiary alicyclic amines) is 1. The molecular weight excluding hydrogens is 467 g/mol. The van der Waals surface area contributed by atoms with Gasteiger partial charge >= 0.3 is 10.8 Å². The number of nitrogens with zero attached hydrogens (tertiary/aromatic N) is 1. The lowest BCUT2D eigenvalue weighted by molar-refractivity contribution is -0.142. The fraction of sp³-hybridized carbons (Fsp3) is 0.478. The zero-order chi connectivity index (χ0) is 23.0. The number of aromatic nitrogens is 1. The van der Waals surface area contributed by atoms with Gasteiger partial charge in [-0.25, -0.2) is 4.39 Å². The summed E-state index contributed by atoms with van der Waals surface area (Å²) in [7, 11) is 0. The van der Waals surface area contributed by atoms with Gasteiger partial charge in [0.1, 0.15) is 5.82 Å². The molecule has 2 aliphatic heterocycles. The van der Waals surface area contributed by atoms with Gasteiger partial charge in [0.05, 0.1) is 16.9 Å². The summed E-state index contributed by atoms with van der Waals surface area (Å²) >= 11 is 2.78. The van der Waals surface area contributed by atoms with Gasteiger partial charge in [-0.2, -0.15) is 0 Å². The molecule has 0 spiro atoms. The van der Waals surface area contributed by atoms with Gasteiger partial charge in [0.25, 0.3) is 0 Å². The van der Waals surface area contributed by atoms with Crippen LogP contribution in [0, 0.1) is 35.4 Å². The Morgan fingerprint density at radius 1 is 1.12 bits per heavy atom. The minimum absolute atomic E-state index is 0.00108. The normalized spacial score (nSPS) is 33.8. The first-order chi connectivity index (χ1) is 15.8. The van der Waals surface area contributed by atoms with Crippen molar-refractivity contribution < 1.29 is 23.9 Å². The Morgan fingerprint density at radius 2 is 1.82 bits per heavy atom. The maximum atomic E-state index is 13.7. The molecule has 10 heteroatoms. The topological polar surface area (TPSA) is 108 Å². The number of imide groups is 1. The number of hydrogen-bond acceptors (Lipinski definition) is 6. The van der Waals surface area contributed by atoms with E-state index in [9.17, 15) is 23.6 Å². The third kappa shape index (κ3) is 3.06. The van der Waals surface area contributed by atoms with Crippen molar-refractivity contribution in [3.63, 3.8) is 0 Å². The molecule has 0 radical (unpaired) electrons. The number of aromatic amines is 1. The molecule has 2 N–H and O–H groups in total. The van der Waals surface area contributed by atoms with Crippen molar-refractivity contribution in [3.8, 4) is 0 Å². The minimum atomic E-state index is -0.945. The molecule has 2 bridgehead atoms. The van der Waals surface area contributed by atoms with Gasteiger partial charge in [0.15, 0.2) is 0 Å². The van der Waals surface area contributed by atoms with Crippen LogP contribution >= 0.6 is 23.1 Å². The SMILES string of the molecule is O=C(O)CCCN1C(=O)[C@@H]2[C@H]3C[C@@H]([C@@H]2C1=O)[C@H]1[C@@H](c2ccc(F)cc2)c2sc(=O)[nH]c2S[C@H]31. The van der Waals surface area contributed by atoms with E-state index in [1.54, 1.807) is 23.9 Å². The largest absolute Gasteiger partial charge is 0.481 e. The van der Waals surface area contributed by atoms with Gasteiger partial charge in [-0.05, 0) is 48.3 Å². The summed E-state index contributed by atoms with van der Waals surface area (Å²) in [4.78, 5) is 54.7. The van der Waals surface area contributed by atoms with Crippen molar-refractivity contribution in [1.82, 2.24) is 9.88 Å². The first-order valence-corrected chi connectivity index (χ1v) is 12.8. The Labute approximate surface area is 196 Å². The summed E-state index contributed by atoms with van der Waals surface area (Å²) < 4.78 is 13.7. The Morgan fingerprint density at radius 3 is 2.52 bits per heavy atom. The summed E-state index contributed by atoms with van der Waals surface area (Å²) in [6, 6.07) is 6.35. The third-order valence-electron chi connectivity index (χ3n) is 7.82. The second-order valence-electron chi connectivity index (χ2n) is 9.34. The van der Waals surface area contributed by atoms with E-state index >= 15 is 0 Å². The lowest BCUT2D eigenvalue weighted by atomic mass is 9.68. The monoisotopic (exact) mass is 488 g/mol. The average Bonchev–Trinajstić information content (AvgIpc) is 3.49. The number of carboxylic acid groups (broad SMARTS) is 1. The molecule has 2 aliphatic carbocycles. The number of halogens is 1. The van der Waals surface area contributed by atoms with Gasteiger partial charge in [-0.1, -0.05) is 23.5 Å². The number of carboxylic acids is 1. The quantitative estimate of drug-likeness (QED) is 0.627. The van der Waals surface area contributed by atoms with E-state index in [2.05, 4.69) is 4.98 Å². The molecule has 33 heavy (non-hydrogen) atoms. The van der Waals surface area contributed by atoms with Crippen LogP contribution in [0.4, 0.5) is 4.39 Å². The number of H-pyrrole nitrogens is 1. The highest BCUT2D eigenvalue weighted by Gasteiger charge is 2.69. The summed E-state index contributed by atoms with van der Waals surface area (Å²) in [5.74, 6) is -2.44. The molecule has 7 nitrogen and oxygen atoms in total. The van der Waals surface area contributed by atoms with E-state index in [0.717, 1.165) is 21.9 Å². The van der Waals surface area contributed by atoms with E-state index in [4.69, 9.17) is 5.11 Å². The second kappa shape index (κ2) is 7.53. The Bertz CT molecular complexity index is 1220. The lowest BCUT2D eigenvalue weighted by Crippen LogP contribution is -2.42. The molecule has 1 aromatic heterocycles. The van der Waals surface area contributed by atoms with E-state index < -0.39 is 11.9 Å². The summed E-state index contributed by atoms with van der Waals surface area (Å²) in [6.07, 6.45) is 0.954. The van der Waals surface area contributed by atoms with Crippen LogP contribution in [0.3, 0.4) is 0 Å². The first-order valence-electron chi connectivity index (χ1n) is 11.1. The second-order valence-corrected chi connectivity index (χ2v) is 11.5. The molecule has 2 amide bonds. The Hall–Kier alpha value is -2.46. The molecule has 3 heterocycles. The van der Waals surface area contributed by atoms with Crippen LogP contribution in [0.2, 0.25) is 0 Å². The predicted molar refractivity (Wildman–Crippen MR) is 118 cm³/mol. The van der Waals surface area contributed by atoms with Crippen LogP contribution in [0.15, 0.2) is 34.1 Å². The fourth-order valence-corrected chi connectivity index (χ4v) is 9.62. The molecule has 1 saturated heterocycles. The van der Waals surface area contributed by atoms with E-state index in [1.165, 1.54) is 28.4 Å². The average molecular weight is 489 g/mol. The van der Waals surface area contributed by atoms with Crippen LogP contribution in [-0.4, -0.2) is 44.6 Å². The number of carbonyl (C=O) groups excluding carboxylic acids is 2. The highest BCUT2D eigenvalue weighted by Crippen LogP contribution is 2.68. The summed E-state index contributed by atoms with van der Waals surface area (Å²) in [6.45, 7) is 0.140. The number of thiazole rings is 1.